The molecular formula is C15H34O2Si2. The van der Waals surface area contributed by atoms with Gasteiger partial charge in [0, 0.05) is 11.5 Å². The van der Waals surface area contributed by atoms with Crippen LogP contribution in [0, 0.1) is 0 Å². The summed E-state index contributed by atoms with van der Waals surface area (Å²) in [5, 5.41) is 0. The molecule has 0 heterocycles. The van der Waals surface area contributed by atoms with E-state index in [1.165, 1.54) is 24.2 Å². The zero-order valence-corrected chi connectivity index (χ0v) is 16.1. The van der Waals surface area contributed by atoms with Gasteiger partial charge in [0.2, 0.25) is 0 Å². The summed E-state index contributed by atoms with van der Waals surface area (Å²) in [5.41, 5.74) is 0.798. The molecule has 0 saturated heterocycles. The van der Waals surface area contributed by atoms with Crippen LogP contribution in [0.1, 0.15) is 54.9 Å². The third kappa shape index (κ3) is 7.07. The lowest BCUT2D eigenvalue weighted by Crippen LogP contribution is -2.38. The molecule has 4 heteroatoms. The first-order valence-corrected chi connectivity index (χ1v) is 12.0. The van der Waals surface area contributed by atoms with Gasteiger partial charge in [-0.1, -0.05) is 58.8 Å². The van der Waals surface area contributed by atoms with Crippen molar-refractivity contribution in [1.29, 1.82) is 0 Å². The Balaban J connectivity index is 4.34. The molecule has 2 atom stereocenters. The van der Waals surface area contributed by atoms with E-state index in [0.717, 1.165) is 6.42 Å². The number of hydrogen-bond donors (Lipinski definition) is 0. The Hall–Kier alpha value is 0.354. The quantitative estimate of drug-likeness (QED) is 0.407. The SMILES string of the molecule is CCC(OC(C)[Si](CC)CC)OC(C)[Si](CC)CC. The molecule has 0 aliphatic carbocycles. The highest BCUT2D eigenvalue weighted by Gasteiger charge is 2.24. The Morgan fingerprint density at radius 1 is 0.684 bits per heavy atom. The second-order valence-corrected chi connectivity index (χ2v) is 12.2. The Kier molecular flexibility index (Phi) is 11.3. The highest BCUT2D eigenvalue weighted by molar-refractivity contribution is 6.60. The van der Waals surface area contributed by atoms with Crippen molar-refractivity contribution in [2.75, 3.05) is 0 Å². The number of ether oxygens (including phenoxy) is 2. The van der Waals surface area contributed by atoms with Crippen LogP contribution in [0.4, 0.5) is 0 Å². The van der Waals surface area contributed by atoms with Crippen LogP contribution in [-0.4, -0.2) is 35.3 Å². The third-order valence-corrected chi connectivity index (χ3v) is 10.2. The zero-order valence-electron chi connectivity index (χ0n) is 14.1. The first kappa shape index (κ1) is 19.4. The van der Waals surface area contributed by atoms with E-state index in [0.29, 0.717) is 11.5 Å². The van der Waals surface area contributed by atoms with Gasteiger partial charge in [-0.05, 0) is 20.3 Å². The van der Waals surface area contributed by atoms with Crippen LogP contribution >= 0.6 is 0 Å². The molecule has 0 aliphatic rings. The molecule has 2 unspecified atom stereocenters. The average Bonchev–Trinajstić information content (AvgIpc) is 2.40. The van der Waals surface area contributed by atoms with E-state index < -0.39 is 0 Å². The lowest BCUT2D eigenvalue weighted by Gasteiger charge is -2.30. The van der Waals surface area contributed by atoms with Gasteiger partial charge in [-0.15, -0.1) is 0 Å². The predicted molar refractivity (Wildman–Crippen MR) is 88.6 cm³/mol. The molecule has 0 saturated carbocycles. The minimum absolute atomic E-state index is 0.00111. The van der Waals surface area contributed by atoms with E-state index in [1.54, 1.807) is 0 Å². The lowest BCUT2D eigenvalue weighted by molar-refractivity contribution is -0.160. The summed E-state index contributed by atoms with van der Waals surface area (Å²) in [6.45, 7) is 15.8. The fraction of sp³-hybridized carbons (Fsp3) is 1.00. The van der Waals surface area contributed by atoms with Crippen LogP contribution in [0.15, 0.2) is 0 Å². The van der Waals surface area contributed by atoms with E-state index in [2.05, 4.69) is 48.5 Å². The topological polar surface area (TPSA) is 18.5 Å². The minimum Gasteiger partial charge on any atom is -0.353 e. The van der Waals surface area contributed by atoms with Gasteiger partial charge in [0.25, 0.3) is 0 Å². The monoisotopic (exact) mass is 302 g/mol. The van der Waals surface area contributed by atoms with Crippen molar-refractivity contribution < 1.29 is 9.47 Å². The molecule has 0 spiro atoms. The van der Waals surface area contributed by atoms with Gasteiger partial charge in [-0.3, -0.25) is 0 Å². The molecule has 0 aliphatic heterocycles. The molecule has 0 amide bonds. The molecule has 0 aromatic carbocycles. The summed E-state index contributed by atoms with van der Waals surface area (Å²) < 4.78 is 12.4. The van der Waals surface area contributed by atoms with Gasteiger partial charge in [0.1, 0.15) is 0 Å². The molecule has 0 aromatic rings. The second-order valence-electron chi connectivity index (χ2n) is 5.13. The largest absolute Gasteiger partial charge is 0.353 e. The fourth-order valence-electron chi connectivity index (χ4n) is 2.52. The normalized spacial score (nSPS) is 16.9. The maximum absolute atomic E-state index is 6.19. The van der Waals surface area contributed by atoms with Crippen molar-refractivity contribution in [2.24, 2.45) is 0 Å². The molecule has 2 radical (unpaired) electrons. The van der Waals surface area contributed by atoms with Gasteiger partial charge in [-0.2, -0.15) is 0 Å². The van der Waals surface area contributed by atoms with Gasteiger partial charge in [0.15, 0.2) is 6.29 Å². The van der Waals surface area contributed by atoms with Crippen molar-refractivity contribution in [2.45, 2.75) is 96.8 Å². The molecule has 0 aromatic heterocycles. The van der Waals surface area contributed by atoms with Gasteiger partial charge < -0.3 is 9.47 Å². The predicted octanol–water partition coefficient (Wildman–Crippen LogP) is 4.68. The van der Waals surface area contributed by atoms with E-state index in [-0.39, 0.29) is 23.9 Å². The third-order valence-electron chi connectivity index (χ3n) is 4.01. The molecule has 2 nitrogen and oxygen atoms in total. The molecular weight excluding hydrogens is 268 g/mol. The zero-order chi connectivity index (χ0) is 14.8. The van der Waals surface area contributed by atoms with Gasteiger partial charge >= 0.3 is 0 Å². The summed E-state index contributed by atoms with van der Waals surface area (Å²) in [7, 11) is -0.732. The van der Waals surface area contributed by atoms with Crippen molar-refractivity contribution in [1.82, 2.24) is 0 Å². The Morgan fingerprint density at radius 2 is 1.00 bits per heavy atom. The summed E-state index contributed by atoms with van der Waals surface area (Å²) in [5.74, 6) is 0. The maximum atomic E-state index is 6.19. The van der Waals surface area contributed by atoms with E-state index >= 15 is 0 Å². The molecule has 0 fully saturated rings. The Bertz CT molecular complexity index is 186. The summed E-state index contributed by atoms with van der Waals surface area (Å²) in [4.78, 5) is 0. The molecule has 0 rings (SSSR count). The van der Waals surface area contributed by atoms with Gasteiger partial charge in [0.05, 0.1) is 17.6 Å². The van der Waals surface area contributed by atoms with Crippen molar-refractivity contribution in [3.63, 3.8) is 0 Å². The van der Waals surface area contributed by atoms with E-state index in [9.17, 15) is 0 Å². The van der Waals surface area contributed by atoms with E-state index in [4.69, 9.17) is 9.47 Å². The van der Waals surface area contributed by atoms with Crippen LogP contribution in [0.2, 0.25) is 24.2 Å². The van der Waals surface area contributed by atoms with Crippen LogP contribution < -0.4 is 0 Å². The number of rotatable bonds is 11. The molecule has 19 heavy (non-hydrogen) atoms. The van der Waals surface area contributed by atoms with Crippen molar-refractivity contribution >= 4 is 17.6 Å². The van der Waals surface area contributed by atoms with E-state index in [1.807, 2.05) is 0 Å². The van der Waals surface area contributed by atoms with Crippen LogP contribution in [0.25, 0.3) is 0 Å². The highest BCUT2D eigenvalue weighted by Crippen LogP contribution is 2.16. The number of hydrogen-bond acceptors (Lipinski definition) is 2. The van der Waals surface area contributed by atoms with Crippen LogP contribution in [-0.2, 0) is 9.47 Å². The summed E-state index contributed by atoms with van der Waals surface area (Å²) in [6, 6.07) is 5.14. The fourth-order valence-corrected chi connectivity index (χ4v) is 6.51. The smallest absolute Gasteiger partial charge is 0.157 e. The molecule has 114 valence electrons. The van der Waals surface area contributed by atoms with Crippen LogP contribution in [0.3, 0.4) is 0 Å². The maximum Gasteiger partial charge on any atom is 0.157 e. The summed E-state index contributed by atoms with van der Waals surface area (Å²) in [6.07, 6.45) is 0.959. The summed E-state index contributed by atoms with van der Waals surface area (Å²) >= 11 is 0. The Labute approximate surface area is 124 Å². The lowest BCUT2D eigenvalue weighted by atomic mass is 10.5. The first-order chi connectivity index (χ1) is 9.03. The minimum atomic E-state index is -0.366. The standard InChI is InChI=1S/C15H34O2Si2/c1-8-15(16-13(6)18(9-2)10-3)17-14(7)19(11-4)12-5/h13-15H,8-12H2,1-7H3. The first-order valence-electron chi connectivity index (χ1n) is 8.03. The highest BCUT2D eigenvalue weighted by atomic mass is 28.3. The van der Waals surface area contributed by atoms with Crippen LogP contribution in [0.5, 0.6) is 0 Å². The molecule has 0 N–H and O–H groups in total. The average molecular weight is 303 g/mol. The van der Waals surface area contributed by atoms with Crippen molar-refractivity contribution in [3.8, 4) is 0 Å². The Morgan fingerprint density at radius 3 is 1.21 bits per heavy atom. The van der Waals surface area contributed by atoms with Gasteiger partial charge in [-0.25, -0.2) is 0 Å². The second kappa shape index (κ2) is 11.1. The van der Waals surface area contributed by atoms with Crippen molar-refractivity contribution in [3.05, 3.63) is 0 Å². The molecule has 0 bridgehead atoms.